The van der Waals surface area contributed by atoms with E-state index in [0.717, 1.165) is 50.7 Å². The van der Waals surface area contributed by atoms with Gasteiger partial charge in [-0.3, -0.25) is 9.69 Å². The van der Waals surface area contributed by atoms with Gasteiger partial charge in [-0.05, 0) is 24.4 Å². The minimum atomic E-state index is 0. The summed E-state index contributed by atoms with van der Waals surface area (Å²) in [6.07, 6.45) is 0.997. The molecule has 1 fully saturated rings. The van der Waals surface area contributed by atoms with Crippen molar-refractivity contribution in [2.75, 3.05) is 39.4 Å². The van der Waals surface area contributed by atoms with Crippen molar-refractivity contribution in [2.24, 2.45) is 0 Å². The number of thiophene rings is 1. The molecule has 0 aromatic carbocycles. The Labute approximate surface area is 118 Å². The van der Waals surface area contributed by atoms with Crippen molar-refractivity contribution >= 4 is 17.2 Å². The molecular weight excluding hydrogens is 272 g/mol. The number of carbonyl (C=O) groups is 1. The first-order chi connectivity index (χ1) is 8.36. The van der Waals surface area contributed by atoms with E-state index in [1.54, 1.807) is 0 Å². The van der Waals surface area contributed by atoms with Crippen molar-refractivity contribution in [1.29, 1.82) is 0 Å². The van der Waals surface area contributed by atoms with Gasteiger partial charge in [0.25, 0.3) is 5.91 Å². The topological polar surface area (TPSA) is 41.6 Å². The maximum absolute atomic E-state index is 11.6. The van der Waals surface area contributed by atoms with E-state index in [1.807, 2.05) is 17.5 Å². The van der Waals surface area contributed by atoms with Gasteiger partial charge in [0.05, 0.1) is 18.1 Å². The maximum atomic E-state index is 11.6. The number of amides is 1. The summed E-state index contributed by atoms with van der Waals surface area (Å²) in [6, 6.07) is 3.75. The molecule has 0 atom stereocenters. The molecule has 2 heterocycles. The summed E-state index contributed by atoms with van der Waals surface area (Å²) >= 11 is 1.48. The zero-order valence-corrected chi connectivity index (χ0v) is 11.8. The second kappa shape index (κ2) is 8.48. The Hall–Kier alpha value is -0.620. The predicted octanol–water partition coefficient (Wildman–Crippen LogP) is -1.80. The molecule has 1 aromatic heterocycles. The Morgan fingerprint density at radius 2 is 2.22 bits per heavy atom. The van der Waals surface area contributed by atoms with E-state index in [0.29, 0.717) is 0 Å². The SMILES string of the molecule is O=C(NCCCN1CCOCC1)c1cccs1.[Cl-]. The summed E-state index contributed by atoms with van der Waals surface area (Å²) in [7, 11) is 0. The molecule has 1 amide bonds. The fourth-order valence-electron chi connectivity index (χ4n) is 1.82. The Kier molecular flexibility index (Phi) is 7.27. The van der Waals surface area contributed by atoms with Crippen LogP contribution >= 0.6 is 11.3 Å². The van der Waals surface area contributed by atoms with Crippen molar-refractivity contribution in [3.63, 3.8) is 0 Å². The Morgan fingerprint density at radius 3 is 2.89 bits per heavy atom. The molecule has 1 N–H and O–H groups in total. The van der Waals surface area contributed by atoms with E-state index in [4.69, 9.17) is 4.74 Å². The first kappa shape index (κ1) is 15.4. The van der Waals surface area contributed by atoms with Gasteiger partial charge in [-0.1, -0.05) is 6.07 Å². The molecule has 0 bridgehead atoms. The van der Waals surface area contributed by atoms with Crippen LogP contribution in [-0.2, 0) is 4.74 Å². The van der Waals surface area contributed by atoms with Gasteiger partial charge < -0.3 is 22.5 Å². The van der Waals surface area contributed by atoms with Crippen LogP contribution < -0.4 is 17.7 Å². The van der Waals surface area contributed by atoms with Crippen molar-refractivity contribution in [3.8, 4) is 0 Å². The quantitative estimate of drug-likeness (QED) is 0.651. The fourth-order valence-corrected chi connectivity index (χ4v) is 2.46. The smallest absolute Gasteiger partial charge is 0.261 e. The molecule has 0 spiro atoms. The van der Waals surface area contributed by atoms with Crippen LogP contribution in [0.1, 0.15) is 16.1 Å². The average Bonchev–Trinajstić information content (AvgIpc) is 2.89. The van der Waals surface area contributed by atoms with Crippen molar-refractivity contribution in [2.45, 2.75) is 6.42 Å². The van der Waals surface area contributed by atoms with Crippen LogP contribution in [-0.4, -0.2) is 50.2 Å². The highest BCUT2D eigenvalue weighted by Crippen LogP contribution is 2.07. The van der Waals surface area contributed by atoms with Gasteiger partial charge in [-0.15, -0.1) is 11.3 Å². The second-order valence-electron chi connectivity index (χ2n) is 4.04. The second-order valence-corrected chi connectivity index (χ2v) is 4.99. The lowest BCUT2D eigenvalue weighted by atomic mass is 10.3. The highest BCUT2D eigenvalue weighted by atomic mass is 35.5. The van der Waals surface area contributed by atoms with E-state index in [-0.39, 0.29) is 18.3 Å². The number of nitrogens with zero attached hydrogens (tertiary/aromatic N) is 1. The maximum Gasteiger partial charge on any atom is 0.261 e. The number of rotatable bonds is 5. The molecule has 0 unspecified atom stereocenters. The first-order valence-corrected chi connectivity index (χ1v) is 6.86. The third-order valence-electron chi connectivity index (χ3n) is 2.79. The van der Waals surface area contributed by atoms with Crippen LogP contribution in [0.25, 0.3) is 0 Å². The fraction of sp³-hybridized carbons (Fsp3) is 0.583. The van der Waals surface area contributed by atoms with Gasteiger partial charge in [-0.25, -0.2) is 0 Å². The van der Waals surface area contributed by atoms with Crippen LogP contribution in [0.2, 0.25) is 0 Å². The molecular formula is C12H18ClN2O2S-. The molecule has 1 aliphatic rings. The van der Waals surface area contributed by atoms with Crippen LogP contribution in [0.4, 0.5) is 0 Å². The molecule has 1 saturated heterocycles. The standard InChI is InChI=1S/C12H18N2O2S.ClH/c15-12(11-3-1-10-17-11)13-4-2-5-14-6-8-16-9-7-14;/h1,3,10H,2,4-9H2,(H,13,15);1H/p-1. The Bertz CT molecular complexity index is 340. The van der Waals surface area contributed by atoms with Crippen molar-refractivity contribution in [3.05, 3.63) is 22.4 Å². The van der Waals surface area contributed by atoms with Crippen LogP contribution in [0.5, 0.6) is 0 Å². The van der Waals surface area contributed by atoms with Gasteiger partial charge in [0.15, 0.2) is 0 Å². The van der Waals surface area contributed by atoms with Gasteiger partial charge >= 0.3 is 0 Å². The van der Waals surface area contributed by atoms with Gasteiger partial charge in [0, 0.05) is 19.6 Å². The van der Waals surface area contributed by atoms with E-state index in [1.165, 1.54) is 11.3 Å². The minimum absolute atomic E-state index is 0. The summed E-state index contributed by atoms with van der Waals surface area (Å²) in [6.45, 7) is 5.48. The third kappa shape index (κ3) is 4.94. The Balaban J connectivity index is 0.00000162. The first-order valence-electron chi connectivity index (χ1n) is 5.98. The lowest BCUT2D eigenvalue weighted by molar-refractivity contribution is -0.0000131. The number of morpholine rings is 1. The summed E-state index contributed by atoms with van der Waals surface area (Å²) in [5.74, 6) is 0.0435. The van der Waals surface area contributed by atoms with Crippen LogP contribution in [0.15, 0.2) is 17.5 Å². The summed E-state index contributed by atoms with van der Waals surface area (Å²) < 4.78 is 5.28. The molecule has 1 aliphatic heterocycles. The minimum Gasteiger partial charge on any atom is -1.00 e. The largest absolute Gasteiger partial charge is 1.00 e. The number of carbonyl (C=O) groups excluding carboxylic acids is 1. The summed E-state index contributed by atoms with van der Waals surface area (Å²) in [5, 5.41) is 4.86. The van der Waals surface area contributed by atoms with Gasteiger partial charge in [-0.2, -0.15) is 0 Å². The lowest BCUT2D eigenvalue weighted by Crippen LogP contribution is -3.00. The monoisotopic (exact) mass is 289 g/mol. The van der Waals surface area contributed by atoms with Crippen molar-refractivity contribution < 1.29 is 21.9 Å². The van der Waals surface area contributed by atoms with Gasteiger partial charge in [0.1, 0.15) is 0 Å². The zero-order chi connectivity index (χ0) is 11.9. The molecule has 0 aliphatic carbocycles. The molecule has 0 radical (unpaired) electrons. The highest BCUT2D eigenvalue weighted by molar-refractivity contribution is 7.12. The number of hydrogen-bond acceptors (Lipinski definition) is 4. The zero-order valence-electron chi connectivity index (χ0n) is 10.2. The van der Waals surface area contributed by atoms with Crippen molar-refractivity contribution in [1.82, 2.24) is 10.2 Å². The molecule has 102 valence electrons. The average molecular weight is 290 g/mol. The van der Waals surface area contributed by atoms with E-state index in [9.17, 15) is 4.79 Å². The molecule has 0 saturated carbocycles. The molecule has 2 rings (SSSR count). The van der Waals surface area contributed by atoms with Crippen LogP contribution in [0, 0.1) is 0 Å². The Morgan fingerprint density at radius 1 is 1.44 bits per heavy atom. The van der Waals surface area contributed by atoms with E-state index in [2.05, 4.69) is 10.2 Å². The lowest BCUT2D eigenvalue weighted by Gasteiger charge is -2.26. The van der Waals surface area contributed by atoms with Crippen LogP contribution in [0.3, 0.4) is 0 Å². The van der Waals surface area contributed by atoms with E-state index >= 15 is 0 Å². The number of halogens is 1. The summed E-state index contributed by atoms with van der Waals surface area (Å²) in [5.41, 5.74) is 0. The van der Waals surface area contributed by atoms with E-state index < -0.39 is 0 Å². The number of hydrogen-bond donors (Lipinski definition) is 1. The number of nitrogens with one attached hydrogen (secondary N) is 1. The number of ether oxygens (including phenoxy) is 1. The van der Waals surface area contributed by atoms with Gasteiger partial charge in [0.2, 0.25) is 0 Å². The highest BCUT2D eigenvalue weighted by Gasteiger charge is 2.10. The normalized spacial score (nSPS) is 16.0. The molecule has 6 heteroatoms. The molecule has 18 heavy (non-hydrogen) atoms. The third-order valence-corrected chi connectivity index (χ3v) is 3.65. The predicted molar refractivity (Wildman–Crippen MR) is 68.5 cm³/mol. The summed E-state index contributed by atoms with van der Waals surface area (Å²) in [4.78, 5) is 14.8. The molecule has 4 nitrogen and oxygen atoms in total. The molecule has 1 aromatic rings.